The van der Waals surface area contributed by atoms with Gasteiger partial charge in [0.25, 0.3) is 0 Å². The third-order valence-electron chi connectivity index (χ3n) is 6.31. The molecule has 0 aromatic carbocycles. The molecule has 9 nitrogen and oxygen atoms in total. The van der Waals surface area contributed by atoms with Crippen LogP contribution in [0.25, 0.3) is 0 Å². The van der Waals surface area contributed by atoms with Crippen molar-refractivity contribution in [1.29, 1.82) is 0 Å². The SMILES string of the molecule is CC(C)(C)[S+]([O-])NC(CCCCCC1(c2ccon2)OCCO1)c1nc(Br)c(Br)n1COCC[Si](C)(C)C. The van der Waals surface area contributed by atoms with E-state index in [1.165, 1.54) is 0 Å². The Labute approximate surface area is 247 Å². The highest BCUT2D eigenvalue weighted by molar-refractivity contribution is 9.13. The van der Waals surface area contributed by atoms with Gasteiger partial charge in [-0.3, -0.25) is 4.57 Å². The predicted octanol–water partition coefficient (Wildman–Crippen LogP) is 6.65. The summed E-state index contributed by atoms with van der Waals surface area (Å²) in [4.78, 5) is 4.79. The van der Waals surface area contributed by atoms with Crippen molar-refractivity contribution in [1.82, 2.24) is 19.4 Å². The zero-order valence-electron chi connectivity index (χ0n) is 23.4. The Bertz CT molecular complexity index is 991. The Balaban J connectivity index is 1.65. The molecule has 0 bridgehead atoms. The van der Waals surface area contributed by atoms with E-state index in [1.807, 2.05) is 25.3 Å². The summed E-state index contributed by atoms with van der Waals surface area (Å²) in [6.07, 6.45) is 5.76. The van der Waals surface area contributed by atoms with Crippen LogP contribution >= 0.6 is 31.9 Å². The molecule has 2 aromatic heterocycles. The van der Waals surface area contributed by atoms with E-state index in [4.69, 9.17) is 23.7 Å². The largest absolute Gasteiger partial charge is 0.598 e. The van der Waals surface area contributed by atoms with Crippen molar-refractivity contribution in [2.24, 2.45) is 0 Å². The van der Waals surface area contributed by atoms with Gasteiger partial charge in [0, 0.05) is 38.5 Å². The summed E-state index contributed by atoms with van der Waals surface area (Å²) >= 11 is 5.97. The van der Waals surface area contributed by atoms with Gasteiger partial charge >= 0.3 is 0 Å². The highest BCUT2D eigenvalue weighted by Gasteiger charge is 2.40. The molecule has 0 saturated carbocycles. The molecule has 216 valence electrons. The Morgan fingerprint density at radius 1 is 1.21 bits per heavy atom. The molecule has 3 heterocycles. The summed E-state index contributed by atoms with van der Waals surface area (Å²) in [7, 11) is -1.19. The first-order valence-corrected chi connectivity index (χ1v) is 19.6. The molecular weight excluding hydrogens is 656 g/mol. The molecule has 2 unspecified atom stereocenters. The van der Waals surface area contributed by atoms with E-state index in [0.717, 1.165) is 42.2 Å². The first-order valence-electron chi connectivity index (χ1n) is 13.2. The fourth-order valence-electron chi connectivity index (χ4n) is 4.06. The zero-order chi connectivity index (χ0) is 28.0. The lowest BCUT2D eigenvalue weighted by atomic mass is 10.0. The highest BCUT2D eigenvalue weighted by Crippen LogP contribution is 2.36. The monoisotopic (exact) mass is 696 g/mol. The molecule has 2 atom stereocenters. The van der Waals surface area contributed by atoms with Crippen LogP contribution < -0.4 is 4.72 Å². The van der Waals surface area contributed by atoms with E-state index in [1.54, 1.807) is 12.3 Å². The predicted molar refractivity (Wildman–Crippen MR) is 159 cm³/mol. The summed E-state index contributed by atoms with van der Waals surface area (Å²) in [6.45, 7) is 15.1. The number of nitrogens with one attached hydrogen (secondary N) is 1. The van der Waals surface area contributed by atoms with Crippen molar-refractivity contribution in [3.63, 3.8) is 0 Å². The minimum absolute atomic E-state index is 0.207. The van der Waals surface area contributed by atoms with E-state index in [-0.39, 0.29) is 6.04 Å². The maximum Gasteiger partial charge on any atom is 0.215 e. The lowest BCUT2D eigenvalue weighted by Crippen LogP contribution is -2.42. The van der Waals surface area contributed by atoms with Gasteiger partial charge in [0.1, 0.15) is 44.5 Å². The Hall–Kier alpha value is -0.253. The van der Waals surface area contributed by atoms with Gasteiger partial charge in [0.2, 0.25) is 5.79 Å². The number of aromatic nitrogens is 3. The average molecular weight is 699 g/mol. The number of unbranched alkanes of at least 4 members (excludes halogenated alkanes) is 2. The van der Waals surface area contributed by atoms with E-state index in [0.29, 0.717) is 43.3 Å². The number of hydrogen-bond acceptors (Lipinski definition) is 8. The molecule has 0 amide bonds. The first-order chi connectivity index (χ1) is 17.8. The number of imidazole rings is 1. The smallest absolute Gasteiger partial charge is 0.215 e. The van der Waals surface area contributed by atoms with Crippen LogP contribution in [-0.4, -0.2) is 51.9 Å². The number of ether oxygens (including phenoxy) is 3. The first kappa shape index (κ1) is 32.3. The van der Waals surface area contributed by atoms with Crippen LogP contribution in [0.4, 0.5) is 0 Å². The Morgan fingerprint density at radius 2 is 1.92 bits per heavy atom. The van der Waals surface area contributed by atoms with Crippen molar-refractivity contribution in [2.45, 2.75) is 102 Å². The molecule has 13 heteroatoms. The molecule has 0 radical (unpaired) electrons. The van der Waals surface area contributed by atoms with Gasteiger partial charge in [0.15, 0.2) is 0 Å². The van der Waals surface area contributed by atoms with Gasteiger partial charge in [-0.25, -0.2) is 4.98 Å². The minimum Gasteiger partial charge on any atom is -0.598 e. The van der Waals surface area contributed by atoms with Crippen molar-refractivity contribution >= 4 is 51.3 Å². The van der Waals surface area contributed by atoms with Crippen LogP contribution in [0.2, 0.25) is 25.7 Å². The number of nitrogens with zero attached hydrogens (tertiary/aromatic N) is 3. The quantitative estimate of drug-likeness (QED) is 0.125. The lowest BCUT2D eigenvalue weighted by Gasteiger charge is -2.28. The fourth-order valence-corrected chi connectivity index (χ4v) is 6.42. The van der Waals surface area contributed by atoms with Crippen LogP contribution in [0.3, 0.4) is 0 Å². The molecule has 1 fully saturated rings. The summed E-state index contributed by atoms with van der Waals surface area (Å²) in [5.41, 5.74) is 0.681. The van der Waals surface area contributed by atoms with Gasteiger partial charge in [-0.05, 0) is 71.5 Å². The summed E-state index contributed by atoms with van der Waals surface area (Å²) in [6, 6.07) is 2.69. The van der Waals surface area contributed by atoms with Gasteiger partial charge in [-0.2, -0.15) is 0 Å². The number of rotatable bonds is 15. The Morgan fingerprint density at radius 3 is 2.53 bits per heavy atom. The molecule has 38 heavy (non-hydrogen) atoms. The van der Waals surface area contributed by atoms with Crippen molar-refractivity contribution in [3.8, 4) is 0 Å². The van der Waals surface area contributed by atoms with Crippen LogP contribution in [0.5, 0.6) is 0 Å². The summed E-state index contributed by atoms with van der Waals surface area (Å²) in [5, 5.41) is 4.06. The molecule has 1 saturated heterocycles. The number of hydrogen-bond donors (Lipinski definition) is 1. The van der Waals surface area contributed by atoms with Crippen molar-refractivity contribution < 1.29 is 23.3 Å². The van der Waals surface area contributed by atoms with E-state index < -0.39 is 30.0 Å². The molecule has 1 aliphatic heterocycles. The highest BCUT2D eigenvalue weighted by atomic mass is 79.9. The average Bonchev–Trinajstić information content (AvgIpc) is 3.57. The second-order valence-corrected chi connectivity index (χ2v) is 20.9. The third kappa shape index (κ3) is 9.13. The topological polar surface area (TPSA) is 107 Å². The molecule has 1 N–H and O–H groups in total. The molecule has 1 aliphatic rings. The lowest BCUT2D eigenvalue weighted by molar-refractivity contribution is -0.175. The van der Waals surface area contributed by atoms with E-state index >= 15 is 0 Å². The van der Waals surface area contributed by atoms with E-state index in [2.05, 4.69) is 61.4 Å². The van der Waals surface area contributed by atoms with Crippen LogP contribution in [0.1, 0.15) is 70.4 Å². The van der Waals surface area contributed by atoms with E-state index in [9.17, 15) is 4.55 Å². The van der Waals surface area contributed by atoms with Gasteiger partial charge in [-0.1, -0.05) is 37.6 Å². The normalized spacial score (nSPS) is 17.7. The van der Waals surface area contributed by atoms with Crippen molar-refractivity contribution in [2.75, 3.05) is 19.8 Å². The van der Waals surface area contributed by atoms with Gasteiger partial charge in [-0.15, -0.1) is 4.72 Å². The minimum atomic E-state index is -1.26. The summed E-state index contributed by atoms with van der Waals surface area (Å²) in [5.74, 6) is -0.0201. The maximum absolute atomic E-state index is 13.1. The Kier molecular flexibility index (Phi) is 12.0. The molecule has 2 aromatic rings. The molecule has 3 rings (SSSR count). The van der Waals surface area contributed by atoms with Crippen LogP contribution in [-0.2, 0) is 38.1 Å². The van der Waals surface area contributed by atoms with Crippen LogP contribution in [0, 0.1) is 0 Å². The molecular formula is C25H42Br2N4O5SSi. The van der Waals surface area contributed by atoms with Gasteiger partial charge < -0.3 is 23.3 Å². The van der Waals surface area contributed by atoms with Gasteiger partial charge in [0.05, 0.1) is 13.2 Å². The maximum atomic E-state index is 13.1. The van der Waals surface area contributed by atoms with Crippen molar-refractivity contribution in [3.05, 3.63) is 33.1 Å². The van der Waals surface area contributed by atoms with Crippen LogP contribution in [0.15, 0.2) is 26.1 Å². The second-order valence-electron chi connectivity index (χ2n) is 11.8. The summed E-state index contributed by atoms with van der Waals surface area (Å²) < 4.78 is 42.6. The standard InChI is InChI=1S/C25H42Br2N4O5SSi/c1-24(2,3)37(32)30-19(23-28-21(26)22(27)31(23)18-33-16-17-38(4,5)6)10-8-7-9-12-25(34-14-15-35-25)20-11-13-36-29-20/h11,13,19,30H,7-10,12,14-18H2,1-6H3. The molecule has 0 aliphatic carbocycles. The fraction of sp³-hybridized carbons (Fsp3) is 0.760. The second kappa shape index (κ2) is 14.1. The number of halogens is 2. The zero-order valence-corrected chi connectivity index (χ0v) is 28.3. The third-order valence-corrected chi connectivity index (χ3v) is 11.5. The molecule has 0 spiro atoms.